The van der Waals surface area contributed by atoms with Crippen LogP contribution in [0.2, 0.25) is 0 Å². The van der Waals surface area contributed by atoms with Crippen LogP contribution in [0.4, 0.5) is 0 Å². The Labute approximate surface area is 230 Å². The number of hydrogen-bond acceptors (Lipinski definition) is 5. The fraction of sp³-hybridized carbons (Fsp3) is 0.300. The van der Waals surface area contributed by atoms with Gasteiger partial charge in [-0.3, -0.25) is 4.79 Å². The van der Waals surface area contributed by atoms with Crippen molar-refractivity contribution in [1.82, 2.24) is 14.8 Å². The number of rotatable bonds is 9. The number of carbonyl (C=O) groups excluding carboxylic acids is 1. The number of carbonyl (C=O) groups is 1. The highest BCUT2D eigenvalue weighted by molar-refractivity contribution is 7.30. The van der Waals surface area contributed by atoms with E-state index in [1.807, 2.05) is 59.3 Å². The number of hydrogen-bond donors (Lipinski definition) is 2. The van der Waals surface area contributed by atoms with Gasteiger partial charge in [0.25, 0.3) is 0 Å². The van der Waals surface area contributed by atoms with Gasteiger partial charge >= 0.3 is 14.2 Å². The molecule has 2 N–H and O–H groups in total. The van der Waals surface area contributed by atoms with E-state index in [0.29, 0.717) is 5.82 Å². The maximum atomic E-state index is 12.1. The van der Waals surface area contributed by atoms with E-state index in [0.717, 1.165) is 29.5 Å². The maximum Gasteiger partial charge on any atom is 0.692 e. The second-order valence-electron chi connectivity index (χ2n) is 9.46. The first-order valence-electron chi connectivity index (χ1n) is 12.8. The second kappa shape index (κ2) is 13.4. The van der Waals surface area contributed by atoms with Crippen molar-refractivity contribution in [2.45, 2.75) is 52.2 Å². The molecule has 9 heteroatoms. The fourth-order valence-electron chi connectivity index (χ4n) is 4.79. The summed E-state index contributed by atoms with van der Waals surface area (Å²) in [5.41, 5.74) is 2.14. The van der Waals surface area contributed by atoms with Crippen molar-refractivity contribution in [2.75, 3.05) is 0 Å². The molecule has 204 valence electrons. The Bertz CT molecular complexity index is 1240. The highest BCUT2D eigenvalue weighted by Crippen LogP contribution is 2.43. The van der Waals surface area contributed by atoms with Crippen LogP contribution in [0.25, 0.3) is 0 Å². The number of ether oxygens (including phenoxy) is 1. The molecule has 1 unspecified atom stereocenters. The summed E-state index contributed by atoms with van der Waals surface area (Å²) in [5.74, 6) is 0.179. The number of esters is 1. The van der Waals surface area contributed by atoms with E-state index in [2.05, 4.69) is 57.2 Å². The van der Waals surface area contributed by atoms with Crippen molar-refractivity contribution in [3.63, 3.8) is 0 Å². The molecule has 1 atom stereocenters. The normalized spacial score (nSPS) is 12.2. The quantitative estimate of drug-likeness (QED) is 0.146. The minimum atomic E-state index is -2.87. The van der Waals surface area contributed by atoms with E-state index in [1.165, 1.54) is 6.92 Å². The molecule has 1 aromatic heterocycles. The first-order valence-corrected chi connectivity index (χ1v) is 14.0. The van der Waals surface area contributed by atoms with Crippen molar-refractivity contribution in [3.05, 3.63) is 120 Å². The standard InChI is InChI=1S/C30H33N3O2.HO3P/c1-5-29(4,6-2)27(35-23(3)34)28-31-22-33(32-28)30(24-16-10-7-11-17-24,25-18-12-8-13-19-25)26-20-14-9-15-21-26;1-4(2)3/h7-22,27H,5-6H2,1-4H3;(H-,1,2,3)/p+1. The minimum Gasteiger partial charge on any atom is -0.454 e. The van der Waals surface area contributed by atoms with E-state index < -0.39 is 19.9 Å². The molecule has 0 aliphatic carbocycles. The SMILES string of the molecule is CCC(C)(CC)C(OC(C)=O)c1ncn(C(c2ccccc2)(c2ccccc2)c2ccccc2)n1.O=[P+](O)O. The molecule has 39 heavy (non-hydrogen) atoms. The Hall–Kier alpha value is -3.71. The Kier molecular flexibility index (Phi) is 10.2. The van der Waals surface area contributed by atoms with Crippen molar-refractivity contribution in [3.8, 4) is 0 Å². The van der Waals surface area contributed by atoms with Crippen molar-refractivity contribution < 1.29 is 23.9 Å². The van der Waals surface area contributed by atoms with Gasteiger partial charge in [0, 0.05) is 16.9 Å². The van der Waals surface area contributed by atoms with Gasteiger partial charge in [-0.1, -0.05) is 112 Å². The monoisotopic (exact) mass is 548 g/mol. The Morgan fingerprint density at radius 2 is 1.26 bits per heavy atom. The van der Waals surface area contributed by atoms with Gasteiger partial charge in [0.1, 0.15) is 11.9 Å². The van der Waals surface area contributed by atoms with E-state index in [-0.39, 0.29) is 11.4 Å². The number of nitrogens with zero attached hydrogens (tertiary/aromatic N) is 3. The molecule has 0 amide bonds. The van der Waals surface area contributed by atoms with Crippen LogP contribution >= 0.6 is 8.25 Å². The summed E-state index contributed by atoms with van der Waals surface area (Å²) in [6.45, 7) is 7.79. The minimum absolute atomic E-state index is 0.285. The van der Waals surface area contributed by atoms with Gasteiger partial charge in [0.15, 0.2) is 11.9 Å². The lowest BCUT2D eigenvalue weighted by atomic mass is 9.77. The third kappa shape index (κ3) is 6.66. The van der Waals surface area contributed by atoms with Crippen LogP contribution < -0.4 is 0 Å². The van der Waals surface area contributed by atoms with Crippen LogP contribution in [-0.4, -0.2) is 30.5 Å². The molecule has 0 fully saturated rings. The number of aromatic nitrogens is 3. The lowest BCUT2D eigenvalue weighted by Gasteiger charge is -2.36. The summed E-state index contributed by atoms with van der Waals surface area (Å²) < 4.78 is 16.5. The van der Waals surface area contributed by atoms with Crippen LogP contribution in [0.15, 0.2) is 97.3 Å². The first kappa shape index (κ1) is 29.8. The van der Waals surface area contributed by atoms with Gasteiger partial charge in [-0.05, 0) is 29.5 Å². The third-order valence-electron chi connectivity index (χ3n) is 7.19. The molecule has 0 aliphatic rings. The van der Waals surface area contributed by atoms with Crippen molar-refractivity contribution in [1.29, 1.82) is 0 Å². The molecule has 0 saturated heterocycles. The smallest absolute Gasteiger partial charge is 0.454 e. The second-order valence-corrected chi connectivity index (χ2v) is 9.96. The van der Waals surface area contributed by atoms with Crippen molar-refractivity contribution in [2.24, 2.45) is 5.41 Å². The van der Waals surface area contributed by atoms with Gasteiger partial charge in [0.2, 0.25) is 0 Å². The zero-order valence-electron chi connectivity index (χ0n) is 22.6. The molecular weight excluding hydrogens is 513 g/mol. The maximum absolute atomic E-state index is 12.1. The van der Waals surface area contributed by atoms with E-state index >= 15 is 0 Å². The predicted molar refractivity (Wildman–Crippen MR) is 150 cm³/mol. The summed E-state index contributed by atoms with van der Waals surface area (Å²) in [4.78, 5) is 31.1. The van der Waals surface area contributed by atoms with Crippen LogP contribution in [0, 0.1) is 5.41 Å². The molecule has 4 rings (SSSR count). The molecular formula is C30H35N3O5P+. The third-order valence-corrected chi connectivity index (χ3v) is 7.19. The van der Waals surface area contributed by atoms with Crippen LogP contribution in [0.3, 0.4) is 0 Å². The molecule has 1 heterocycles. The van der Waals surface area contributed by atoms with E-state index in [1.54, 1.807) is 6.33 Å². The van der Waals surface area contributed by atoms with E-state index in [4.69, 9.17) is 29.2 Å². The summed E-state index contributed by atoms with van der Waals surface area (Å²) in [6.07, 6.45) is 2.88. The van der Waals surface area contributed by atoms with Gasteiger partial charge in [-0.2, -0.15) is 5.10 Å². The van der Waals surface area contributed by atoms with Crippen LogP contribution in [0.1, 0.15) is 69.2 Å². The molecule has 8 nitrogen and oxygen atoms in total. The molecule has 3 aromatic carbocycles. The summed E-state index contributed by atoms with van der Waals surface area (Å²) in [7, 11) is -2.87. The Morgan fingerprint density at radius 1 is 0.872 bits per heavy atom. The van der Waals surface area contributed by atoms with Crippen LogP contribution in [0.5, 0.6) is 0 Å². The first-order chi connectivity index (χ1) is 18.7. The van der Waals surface area contributed by atoms with E-state index in [9.17, 15) is 4.79 Å². The summed E-state index contributed by atoms with van der Waals surface area (Å²) in [5, 5.41) is 5.06. The van der Waals surface area contributed by atoms with Gasteiger partial charge in [-0.25, -0.2) is 9.67 Å². The number of benzene rings is 3. The molecule has 0 aliphatic heterocycles. The molecule has 0 bridgehead atoms. The highest BCUT2D eigenvalue weighted by Gasteiger charge is 2.42. The average molecular weight is 549 g/mol. The fourth-order valence-corrected chi connectivity index (χ4v) is 4.79. The average Bonchev–Trinajstić information content (AvgIpc) is 3.43. The summed E-state index contributed by atoms with van der Waals surface area (Å²) in [6, 6.07) is 31.0. The van der Waals surface area contributed by atoms with Gasteiger partial charge < -0.3 is 4.74 Å². The molecule has 0 spiro atoms. The molecule has 0 saturated carbocycles. The molecule has 0 radical (unpaired) electrons. The predicted octanol–water partition coefficient (Wildman–Crippen LogP) is 6.18. The molecule has 4 aromatic rings. The largest absolute Gasteiger partial charge is 0.692 e. The van der Waals surface area contributed by atoms with Crippen LogP contribution in [-0.2, 0) is 19.6 Å². The Morgan fingerprint density at radius 3 is 1.59 bits per heavy atom. The Balaban J connectivity index is 0.000000983. The zero-order valence-corrected chi connectivity index (χ0v) is 23.5. The topological polar surface area (TPSA) is 115 Å². The lowest BCUT2D eigenvalue weighted by molar-refractivity contribution is -0.155. The van der Waals surface area contributed by atoms with Gasteiger partial charge in [0.05, 0.1) is 0 Å². The van der Waals surface area contributed by atoms with Crippen molar-refractivity contribution >= 4 is 14.2 Å². The lowest BCUT2D eigenvalue weighted by Crippen LogP contribution is -2.38. The highest BCUT2D eigenvalue weighted by atomic mass is 31.1. The summed E-state index contributed by atoms with van der Waals surface area (Å²) >= 11 is 0. The zero-order chi connectivity index (χ0) is 28.5. The van der Waals surface area contributed by atoms with Gasteiger partial charge in [-0.15, -0.1) is 9.79 Å².